The molecular formula is C15H31IN4O3. The van der Waals surface area contributed by atoms with Crippen LogP contribution in [0, 0.1) is 5.92 Å². The Bertz CT molecular complexity index is 348. The number of halogens is 1. The molecule has 0 aromatic carbocycles. The molecule has 7 nitrogen and oxygen atoms in total. The summed E-state index contributed by atoms with van der Waals surface area (Å²) in [5, 5.41) is 6.34. The second-order valence-electron chi connectivity index (χ2n) is 5.62. The van der Waals surface area contributed by atoms with Crippen LogP contribution in [0.3, 0.4) is 0 Å². The molecule has 1 atom stereocenters. The van der Waals surface area contributed by atoms with Gasteiger partial charge in [0.1, 0.15) is 0 Å². The van der Waals surface area contributed by atoms with Gasteiger partial charge in [0.05, 0.1) is 13.2 Å². The van der Waals surface area contributed by atoms with Gasteiger partial charge in [0, 0.05) is 59.8 Å². The van der Waals surface area contributed by atoms with E-state index in [0.29, 0.717) is 18.9 Å². The number of amides is 1. The van der Waals surface area contributed by atoms with Gasteiger partial charge in [0.15, 0.2) is 5.96 Å². The lowest BCUT2D eigenvalue weighted by molar-refractivity contribution is -0.128. The predicted molar refractivity (Wildman–Crippen MR) is 102 cm³/mol. The van der Waals surface area contributed by atoms with Crippen LogP contribution in [0.15, 0.2) is 4.99 Å². The van der Waals surface area contributed by atoms with Crippen molar-refractivity contribution in [2.75, 3.05) is 60.7 Å². The van der Waals surface area contributed by atoms with E-state index in [0.717, 1.165) is 51.8 Å². The van der Waals surface area contributed by atoms with E-state index in [1.807, 2.05) is 0 Å². The van der Waals surface area contributed by atoms with Crippen molar-refractivity contribution in [2.45, 2.75) is 19.3 Å². The van der Waals surface area contributed by atoms with E-state index in [-0.39, 0.29) is 29.9 Å². The van der Waals surface area contributed by atoms with Crippen molar-refractivity contribution < 1.29 is 14.3 Å². The number of guanidine groups is 1. The maximum absolute atomic E-state index is 11.5. The molecule has 1 aliphatic rings. The Kier molecular flexibility index (Phi) is 13.4. The number of rotatable bonds is 9. The summed E-state index contributed by atoms with van der Waals surface area (Å²) in [5.74, 6) is 1.39. The van der Waals surface area contributed by atoms with Gasteiger partial charge >= 0.3 is 0 Å². The first kappa shape index (κ1) is 22.4. The summed E-state index contributed by atoms with van der Waals surface area (Å²) < 4.78 is 10.9. The monoisotopic (exact) mass is 442 g/mol. The third-order valence-electron chi connectivity index (χ3n) is 3.49. The minimum atomic E-state index is 0. The lowest BCUT2D eigenvalue weighted by Gasteiger charge is -2.14. The highest BCUT2D eigenvalue weighted by Crippen LogP contribution is 2.12. The number of hydrogen-bond donors (Lipinski definition) is 2. The lowest BCUT2D eigenvalue weighted by Crippen LogP contribution is -2.39. The Morgan fingerprint density at radius 3 is 2.70 bits per heavy atom. The van der Waals surface area contributed by atoms with E-state index in [9.17, 15) is 4.79 Å². The summed E-state index contributed by atoms with van der Waals surface area (Å²) >= 11 is 0. The minimum absolute atomic E-state index is 0. The summed E-state index contributed by atoms with van der Waals surface area (Å²) in [4.78, 5) is 17.2. The first-order chi connectivity index (χ1) is 10.6. The van der Waals surface area contributed by atoms with Crippen LogP contribution in [0.1, 0.15) is 19.3 Å². The maximum atomic E-state index is 11.5. The number of carbonyl (C=O) groups excluding carboxylic acids is 1. The third kappa shape index (κ3) is 10.7. The van der Waals surface area contributed by atoms with Crippen LogP contribution < -0.4 is 10.6 Å². The smallest absolute Gasteiger partial charge is 0.223 e. The Balaban J connectivity index is 0.00000484. The van der Waals surface area contributed by atoms with Gasteiger partial charge in [-0.25, -0.2) is 0 Å². The molecule has 1 aliphatic heterocycles. The molecule has 0 bridgehead atoms. The molecule has 136 valence electrons. The molecule has 8 heteroatoms. The second kappa shape index (κ2) is 13.8. The normalized spacial score (nSPS) is 17.5. The van der Waals surface area contributed by atoms with Crippen LogP contribution in [-0.4, -0.2) is 77.4 Å². The van der Waals surface area contributed by atoms with Crippen molar-refractivity contribution in [2.24, 2.45) is 10.9 Å². The van der Waals surface area contributed by atoms with Crippen LogP contribution in [0.5, 0.6) is 0 Å². The van der Waals surface area contributed by atoms with Crippen LogP contribution in [-0.2, 0) is 14.3 Å². The van der Waals surface area contributed by atoms with E-state index in [2.05, 4.69) is 15.6 Å². The van der Waals surface area contributed by atoms with Crippen molar-refractivity contribution in [3.63, 3.8) is 0 Å². The van der Waals surface area contributed by atoms with Crippen LogP contribution >= 0.6 is 24.0 Å². The fourth-order valence-corrected chi connectivity index (χ4v) is 2.08. The Morgan fingerprint density at radius 2 is 2.09 bits per heavy atom. The Labute approximate surface area is 156 Å². The molecule has 0 saturated carbocycles. The number of carbonyl (C=O) groups is 1. The van der Waals surface area contributed by atoms with Crippen molar-refractivity contribution in [3.8, 4) is 0 Å². The second-order valence-corrected chi connectivity index (χ2v) is 5.62. The first-order valence-corrected chi connectivity index (χ1v) is 7.93. The maximum Gasteiger partial charge on any atom is 0.223 e. The molecule has 1 heterocycles. The number of nitrogens with zero attached hydrogens (tertiary/aromatic N) is 2. The quantitative estimate of drug-likeness (QED) is 0.238. The van der Waals surface area contributed by atoms with Gasteiger partial charge < -0.3 is 25.0 Å². The van der Waals surface area contributed by atoms with Gasteiger partial charge in [0.25, 0.3) is 0 Å². The lowest BCUT2D eigenvalue weighted by atomic mass is 10.1. The van der Waals surface area contributed by atoms with Gasteiger partial charge in [-0.2, -0.15) is 0 Å². The average Bonchev–Trinajstić information content (AvgIpc) is 3.01. The molecule has 2 N–H and O–H groups in total. The molecule has 0 spiro atoms. The third-order valence-corrected chi connectivity index (χ3v) is 3.49. The molecule has 1 fully saturated rings. The van der Waals surface area contributed by atoms with E-state index in [4.69, 9.17) is 9.47 Å². The van der Waals surface area contributed by atoms with Crippen LogP contribution in [0.4, 0.5) is 0 Å². The molecule has 23 heavy (non-hydrogen) atoms. The van der Waals surface area contributed by atoms with E-state index in [1.165, 1.54) is 0 Å². The number of nitrogens with one attached hydrogen (secondary N) is 2. The van der Waals surface area contributed by atoms with Gasteiger partial charge in [-0.05, 0) is 12.8 Å². The molecular weight excluding hydrogens is 411 g/mol. The molecule has 0 aliphatic carbocycles. The van der Waals surface area contributed by atoms with Gasteiger partial charge in [-0.3, -0.25) is 9.79 Å². The molecule has 1 saturated heterocycles. The molecule has 1 unspecified atom stereocenters. The summed E-state index contributed by atoms with van der Waals surface area (Å²) in [7, 11) is 5.24. The standard InChI is InChI=1S/C15H30N4O3.HI/c1-16-15(18-8-5-14(20)19(2)3)17-7-4-9-21-11-13-6-10-22-12-13;/h13H,4-12H2,1-3H3,(H2,16,17,18);1H. The number of ether oxygens (including phenoxy) is 2. The topological polar surface area (TPSA) is 75.2 Å². The van der Waals surface area contributed by atoms with Crippen molar-refractivity contribution >= 4 is 35.8 Å². The largest absolute Gasteiger partial charge is 0.381 e. The summed E-state index contributed by atoms with van der Waals surface area (Å²) in [5.41, 5.74) is 0. The fourth-order valence-electron chi connectivity index (χ4n) is 2.08. The van der Waals surface area contributed by atoms with Gasteiger partial charge in [0.2, 0.25) is 5.91 Å². The number of hydrogen-bond acceptors (Lipinski definition) is 4. The van der Waals surface area contributed by atoms with Gasteiger partial charge in [-0.15, -0.1) is 24.0 Å². The van der Waals surface area contributed by atoms with Crippen molar-refractivity contribution in [3.05, 3.63) is 0 Å². The first-order valence-electron chi connectivity index (χ1n) is 7.93. The Hall–Kier alpha value is -0.610. The molecule has 0 radical (unpaired) electrons. The van der Waals surface area contributed by atoms with Crippen LogP contribution in [0.25, 0.3) is 0 Å². The highest BCUT2D eigenvalue weighted by atomic mass is 127. The van der Waals surface area contributed by atoms with Crippen LogP contribution in [0.2, 0.25) is 0 Å². The molecule has 0 aromatic rings. The van der Waals surface area contributed by atoms with E-state index < -0.39 is 0 Å². The SMILES string of the molecule is CN=C(NCCCOCC1CCOC1)NCCC(=O)N(C)C.I. The zero-order chi connectivity index (χ0) is 16.2. The van der Waals surface area contributed by atoms with Crippen molar-refractivity contribution in [1.82, 2.24) is 15.5 Å². The zero-order valence-electron chi connectivity index (χ0n) is 14.5. The highest BCUT2D eigenvalue weighted by Gasteiger charge is 2.15. The summed E-state index contributed by atoms with van der Waals surface area (Å²) in [6.45, 7) is 4.60. The van der Waals surface area contributed by atoms with Crippen molar-refractivity contribution in [1.29, 1.82) is 0 Å². The highest BCUT2D eigenvalue weighted by molar-refractivity contribution is 14.0. The van der Waals surface area contributed by atoms with E-state index in [1.54, 1.807) is 26.0 Å². The summed E-state index contributed by atoms with van der Waals surface area (Å²) in [6, 6.07) is 0. The predicted octanol–water partition coefficient (Wildman–Crippen LogP) is 0.691. The van der Waals surface area contributed by atoms with Gasteiger partial charge in [-0.1, -0.05) is 0 Å². The fraction of sp³-hybridized carbons (Fsp3) is 0.867. The molecule has 0 aromatic heterocycles. The minimum Gasteiger partial charge on any atom is -0.381 e. The van der Waals surface area contributed by atoms with E-state index >= 15 is 0 Å². The zero-order valence-corrected chi connectivity index (χ0v) is 16.8. The Morgan fingerprint density at radius 1 is 1.35 bits per heavy atom. The number of aliphatic imine (C=N–C) groups is 1. The average molecular weight is 442 g/mol. The molecule has 1 amide bonds. The summed E-state index contributed by atoms with van der Waals surface area (Å²) in [6.07, 6.45) is 2.49. The molecule has 1 rings (SSSR count).